The highest BCUT2D eigenvalue weighted by molar-refractivity contribution is 6.28. The standard InChI is InChI=1S/C14H12ClN3O3/c15-14-16-7-11(8-17-14)9-1-3-10(4-2-9)12(18-21)5-6-13(19)20/h1-4,7-8,21H,5-6H2,(H,19,20)/b18-12+. The number of aromatic nitrogens is 2. The number of carboxylic acids is 1. The van der Waals surface area contributed by atoms with Gasteiger partial charge in [-0.1, -0.05) is 29.4 Å². The van der Waals surface area contributed by atoms with Crippen LogP contribution in [0.4, 0.5) is 0 Å². The van der Waals surface area contributed by atoms with Gasteiger partial charge in [0.15, 0.2) is 0 Å². The predicted octanol–water partition coefficient (Wildman–Crippen LogP) is 2.84. The molecule has 0 bridgehead atoms. The molecule has 0 aliphatic heterocycles. The van der Waals surface area contributed by atoms with E-state index in [-0.39, 0.29) is 18.1 Å². The van der Waals surface area contributed by atoms with Crippen molar-refractivity contribution in [2.75, 3.05) is 0 Å². The molecule has 0 aliphatic rings. The normalized spacial score (nSPS) is 11.4. The van der Waals surface area contributed by atoms with Crippen LogP contribution in [-0.2, 0) is 4.79 Å². The van der Waals surface area contributed by atoms with E-state index in [2.05, 4.69) is 15.1 Å². The van der Waals surface area contributed by atoms with E-state index in [0.29, 0.717) is 11.3 Å². The van der Waals surface area contributed by atoms with Crippen LogP contribution < -0.4 is 0 Å². The monoisotopic (exact) mass is 305 g/mol. The number of carbonyl (C=O) groups is 1. The molecule has 0 saturated heterocycles. The molecule has 0 radical (unpaired) electrons. The van der Waals surface area contributed by atoms with Crippen molar-refractivity contribution in [2.45, 2.75) is 12.8 Å². The summed E-state index contributed by atoms with van der Waals surface area (Å²) in [6.07, 6.45) is 3.28. The zero-order valence-electron chi connectivity index (χ0n) is 10.9. The first-order valence-corrected chi connectivity index (χ1v) is 6.49. The SMILES string of the molecule is O=C(O)CC/C(=N\O)c1ccc(-c2cnc(Cl)nc2)cc1. The fourth-order valence-electron chi connectivity index (χ4n) is 1.79. The summed E-state index contributed by atoms with van der Waals surface area (Å²) in [5, 5.41) is 21.0. The highest BCUT2D eigenvalue weighted by Gasteiger charge is 2.08. The number of hydrogen-bond acceptors (Lipinski definition) is 5. The fourth-order valence-corrected chi connectivity index (χ4v) is 1.89. The van der Waals surface area contributed by atoms with E-state index in [0.717, 1.165) is 11.1 Å². The maximum Gasteiger partial charge on any atom is 0.303 e. The number of nitrogens with zero attached hydrogens (tertiary/aromatic N) is 3. The zero-order valence-corrected chi connectivity index (χ0v) is 11.7. The summed E-state index contributed by atoms with van der Waals surface area (Å²) in [6, 6.07) is 7.13. The lowest BCUT2D eigenvalue weighted by atomic mass is 10.0. The van der Waals surface area contributed by atoms with Crippen LogP contribution in [0.15, 0.2) is 41.8 Å². The second-order valence-electron chi connectivity index (χ2n) is 4.26. The first-order chi connectivity index (χ1) is 10.1. The molecule has 2 rings (SSSR count). The van der Waals surface area contributed by atoms with Crippen LogP contribution in [0.25, 0.3) is 11.1 Å². The van der Waals surface area contributed by atoms with Crippen LogP contribution in [0.1, 0.15) is 18.4 Å². The molecule has 6 nitrogen and oxygen atoms in total. The van der Waals surface area contributed by atoms with Gasteiger partial charge < -0.3 is 10.3 Å². The van der Waals surface area contributed by atoms with E-state index < -0.39 is 5.97 Å². The third-order valence-electron chi connectivity index (χ3n) is 2.87. The van der Waals surface area contributed by atoms with Crippen molar-refractivity contribution in [1.82, 2.24) is 9.97 Å². The van der Waals surface area contributed by atoms with Gasteiger partial charge >= 0.3 is 5.97 Å². The number of oxime groups is 1. The Morgan fingerprint density at radius 2 is 1.71 bits per heavy atom. The van der Waals surface area contributed by atoms with Crippen molar-refractivity contribution in [3.63, 3.8) is 0 Å². The molecule has 108 valence electrons. The minimum atomic E-state index is -0.939. The van der Waals surface area contributed by atoms with Gasteiger partial charge in [-0.3, -0.25) is 4.79 Å². The van der Waals surface area contributed by atoms with Crippen molar-refractivity contribution in [1.29, 1.82) is 0 Å². The van der Waals surface area contributed by atoms with Gasteiger partial charge in [-0.15, -0.1) is 0 Å². The number of benzene rings is 1. The molecule has 0 unspecified atom stereocenters. The highest BCUT2D eigenvalue weighted by atomic mass is 35.5. The molecule has 0 fully saturated rings. The van der Waals surface area contributed by atoms with Crippen LogP contribution in [0, 0.1) is 0 Å². The van der Waals surface area contributed by atoms with E-state index in [1.165, 1.54) is 0 Å². The van der Waals surface area contributed by atoms with E-state index in [1.807, 2.05) is 12.1 Å². The van der Waals surface area contributed by atoms with Crippen LogP contribution in [-0.4, -0.2) is 32.0 Å². The highest BCUT2D eigenvalue weighted by Crippen LogP contribution is 2.19. The van der Waals surface area contributed by atoms with Crippen molar-refractivity contribution in [2.24, 2.45) is 5.16 Å². The van der Waals surface area contributed by atoms with Crippen LogP contribution in [0.3, 0.4) is 0 Å². The third kappa shape index (κ3) is 4.00. The molecule has 1 aromatic heterocycles. The van der Waals surface area contributed by atoms with Crippen LogP contribution in [0.2, 0.25) is 5.28 Å². The van der Waals surface area contributed by atoms with E-state index in [1.54, 1.807) is 24.5 Å². The Morgan fingerprint density at radius 1 is 1.10 bits per heavy atom. The molecular formula is C14H12ClN3O3. The average Bonchev–Trinajstić information content (AvgIpc) is 2.49. The summed E-state index contributed by atoms with van der Waals surface area (Å²) >= 11 is 5.63. The Balaban J connectivity index is 2.18. The molecule has 0 saturated carbocycles. The van der Waals surface area contributed by atoms with E-state index in [4.69, 9.17) is 21.9 Å². The number of halogens is 1. The summed E-state index contributed by atoms with van der Waals surface area (Å²) in [7, 11) is 0. The average molecular weight is 306 g/mol. The molecule has 7 heteroatoms. The number of carboxylic acid groups (broad SMARTS) is 1. The lowest BCUT2D eigenvalue weighted by molar-refractivity contribution is -0.136. The molecule has 2 aromatic rings. The number of hydrogen-bond donors (Lipinski definition) is 2. The minimum absolute atomic E-state index is 0.0911. The van der Waals surface area contributed by atoms with Crippen molar-refractivity contribution < 1.29 is 15.1 Å². The largest absolute Gasteiger partial charge is 0.481 e. The van der Waals surface area contributed by atoms with Crippen molar-refractivity contribution in [3.05, 3.63) is 47.5 Å². The number of rotatable bonds is 5. The fraction of sp³-hybridized carbons (Fsp3) is 0.143. The summed E-state index contributed by atoms with van der Waals surface area (Å²) in [4.78, 5) is 18.4. The summed E-state index contributed by atoms with van der Waals surface area (Å²) in [6.45, 7) is 0. The van der Waals surface area contributed by atoms with Gasteiger partial charge in [0, 0.05) is 24.4 Å². The van der Waals surface area contributed by atoms with E-state index >= 15 is 0 Å². The Hall–Kier alpha value is -2.47. The molecule has 1 heterocycles. The Kier molecular flexibility index (Phi) is 4.84. The molecular weight excluding hydrogens is 294 g/mol. The lowest BCUT2D eigenvalue weighted by Crippen LogP contribution is -2.05. The third-order valence-corrected chi connectivity index (χ3v) is 3.06. The quantitative estimate of drug-likeness (QED) is 0.383. The number of aliphatic carboxylic acids is 1. The molecule has 21 heavy (non-hydrogen) atoms. The lowest BCUT2D eigenvalue weighted by Gasteiger charge is -2.05. The van der Waals surface area contributed by atoms with Crippen LogP contribution in [0.5, 0.6) is 0 Å². The smallest absolute Gasteiger partial charge is 0.303 e. The maximum absolute atomic E-state index is 10.6. The van der Waals surface area contributed by atoms with Gasteiger partial charge in [0.2, 0.25) is 5.28 Å². The molecule has 0 aliphatic carbocycles. The Morgan fingerprint density at radius 3 is 2.24 bits per heavy atom. The summed E-state index contributed by atoms with van der Waals surface area (Å²) < 4.78 is 0. The maximum atomic E-state index is 10.6. The predicted molar refractivity (Wildman–Crippen MR) is 77.7 cm³/mol. The van der Waals surface area contributed by atoms with Crippen molar-refractivity contribution in [3.8, 4) is 11.1 Å². The second-order valence-corrected chi connectivity index (χ2v) is 4.60. The second kappa shape index (κ2) is 6.81. The Labute approximate surface area is 125 Å². The van der Waals surface area contributed by atoms with Crippen molar-refractivity contribution >= 4 is 23.3 Å². The minimum Gasteiger partial charge on any atom is -0.481 e. The van der Waals surface area contributed by atoms with Gasteiger partial charge in [0.05, 0.1) is 12.1 Å². The van der Waals surface area contributed by atoms with Gasteiger partial charge in [-0.25, -0.2) is 9.97 Å². The van der Waals surface area contributed by atoms with E-state index in [9.17, 15) is 4.79 Å². The first-order valence-electron chi connectivity index (χ1n) is 6.11. The van der Waals surface area contributed by atoms with Gasteiger partial charge in [0.25, 0.3) is 0 Å². The summed E-state index contributed by atoms with van der Waals surface area (Å²) in [5.41, 5.74) is 2.68. The van der Waals surface area contributed by atoms with Crippen LogP contribution >= 0.6 is 11.6 Å². The zero-order chi connectivity index (χ0) is 15.2. The summed E-state index contributed by atoms with van der Waals surface area (Å²) in [5.74, 6) is -0.939. The van der Waals surface area contributed by atoms with Gasteiger partial charge in [-0.05, 0) is 22.7 Å². The molecule has 0 atom stereocenters. The van der Waals surface area contributed by atoms with Gasteiger partial charge in [-0.2, -0.15) is 0 Å². The molecule has 1 aromatic carbocycles. The topological polar surface area (TPSA) is 95.7 Å². The first kappa shape index (κ1) is 14.9. The molecule has 0 spiro atoms. The molecule has 0 amide bonds. The Bertz CT molecular complexity index is 654. The molecule has 2 N–H and O–H groups in total. The van der Waals surface area contributed by atoms with Gasteiger partial charge in [0.1, 0.15) is 0 Å².